The molecule has 4 rings (SSSR count). The molecule has 1 saturated heterocycles. The summed E-state index contributed by atoms with van der Waals surface area (Å²) in [6.45, 7) is 5.59. The molecule has 0 aliphatic carbocycles. The van der Waals surface area contributed by atoms with E-state index in [1.807, 2.05) is 39.3 Å². The Labute approximate surface area is 152 Å². The second-order valence-electron chi connectivity index (χ2n) is 6.97. The van der Waals surface area contributed by atoms with Gasteiger partial charge in [0.2, 0.25) is 5.91 Å². The average molecular weight is 358 g/mol. The second kappa shape index (κ2) is 6.68. The summed E-state index contributed by atoms with van der Waals surface area (Å²) in [6, 6.07) is 6.59. The zero-order chi connectivity index (χ0) is 18.3. The van der Waals surface area contributed by atoms with E-state index < -0.39 is 0 Å². The van der Waals surface area contributed by atoms with Crippen molar-refractivity contribution in [3.63, 3.8) is 0 Å². The molecule has 3 heterocycles. The van der Waals surface area contributed by atoms with Gasteiger partial charge in [-0.15, -0.1) is 10.2 Å². The fourth-order valence-electron chi connectivity index (χ4n) is 3.78. The van der Waals surface area contributed by atoms with Crippen molar-refractivity contribution < 1.29 is 9.18 Å². The van der Waals surface area contributed by atoms with E-state index >= 15 is 0 Å². The number of piperazine rings is 1. The van der Waals surface area contributed by atoms with Crippen LogP contribution in [0.4, 0.5) is 10.1 Å². The summed E-state index contributed by atoms with van der Waals surface area (Å²) in [6.07, 6.45) is 0. The molecule has 0 N–H and O–H groups in total. The van der Waals surface area contributed by atoms with Gasteiger partial charge in [0.05, 0.1) is 18.8 Å². The van der Waals surface area contributed by atoms with Gasteiger partial charge in [0.25, 0.3) is 0 Å². The highest BCUT2D eigenvalue weighted by Gasteiger charge is 2.35. The number of carbonyl (C=O) groups is 1. The maximum atomic E-state index is 14.0. The van der Waals surface area contributed by atoms with Crippen LogP contribution in [-0.2, 0) is 17.9 Å². The number of fused-ring (bicyclic) bond motifs is 1. The van der Waals surface area contributed by atoms with Crippen LogP contribution in [0, 0.1) is 12.7 Å². The van der Waals surface area contributed by atoms with Crippen LogP contribution in [0.15, 0.2) is 24.3 Å². The van der Waals surface area contributed by atoms with Crippen LogP contribution in [0.25, 0.3) is 0 Å². The standard InChI is InChI=1S/C18H23FN6O/c1-13-20-21-17-12-22(2)16(11-25(13)17)18(26)24-9-7-23(8-10-24)15-6-4-3-5-14(15)19/h3-6,16H,7-12H2,1-2H3. The van der Waals surface area contributed by atoms with Crippen molar-refractivity contribution in [2.24, 2.45) is 0 Å². The van der Waals surface area contributed by atoms with Crippen molar-refractivity contribution in [1.82, 2.24) is 24.6 Å². The molecule has 0 saturated carbocycles. The van der Waals surface area contributed by atoms with Gasteiger partial charge in [-0.25, -0.2) is 4.39 Å². The highest BCUT2D eigenvalue weighted by molar-refractivity contribution is 5.82. The highest BCUT2D eigenvalue weighted by Crippen LogP contribution is 2.22. The van der Waals surface area contributed by atoms with Crippen LogP contribution in [0.2, 0.25) is 0 Å². The number of amides is 1. The van der Waals surface area contributed by atoms with Crippen LogP contribution in [0.5, 0.6) is 0 Å². The third-order valence-corrected chi connectivity index (χ3v) is 5.36. The van der Waals surface area contributed by atoms with Crippen LogP contribution >= 0.6 is 0 Å². The zero-order valence-corrected chi connectivity index (χ0v) is 15.1. The SMILES string of the molecule is Cc1nnc2n1CC(C(=O)N1CCN(c3ccccc3F)CC1)N(C)C2. The first-order chi connectivity index (χ1) is 12.5. The number of aromatic nitrogens is 3. The number of carbonyl (C=O) groups excluding carboxylic acids is 1. The number of anilines is 1. The summed E-state index contributed by atoms with van der Waals surface area (Å²) in [5, 5.41) is 8.28. The predicted molar refractivity (Wildman–Crippen MR) is 95.2 cm³/mol. The topological polar surface area (TPSA) is 57.5 Å². The number of rotatable bonds is 2. The summed E-state index contributed by atoms with van der Waals surface area (Å²) in [5.74, 6) is 1.66. The summed E-state index contributed by atoms with van der Waals surface area (Å²) >= 11 is 0. The largest absolute Gasteiger partial charge is 0.366 e. The lowest BCUT2D eigenvalue weighted by atomic mass is 10.1. The number of likely N-dealkylation sites (N-methyl/N-ethyl adjacent to an activating group) is 1. The normalized spacial score (nSPS) is 21.0. The molecule has 1 aromatic carbocycles. The molecule has 7 nitrogen and oxygen atoms in total. The molecule has 26 heavy (non-hydrogen) atoms. The van der Waals surface area contributed by atoms with E-state index in [-0.39, 0.29) is 17.8 Å². The molecule has 138 valence electrons. The lowest BCUT2D eigenvalue weighted by Gasteiger charge is -2.40. The number of aryl methyl sites for hydroxylation is 1. The molecule has 1 fully saturated rings. The van der Waals surface area contributed by atoms with Gasteiger partial charge < -0.3 is 14.4 Å². The molecule has 8 heteroatoms. The quantitative estimate of drug-likeness (QED) is 0.798. The van der Waals surface area contributed by atoms with Gasteiger partial charge in [0, 0.05) is 26.2 Å². The minimum Gasteiger partial charge on any atom is -0.366 e. The Kier molecular flexibility index (Phi) is 4.36. The van der Waals surface area contributed by atoms with E-state index in [4.69, 9.17) is 0 Å². The fraction of sp³-hybridized carbons (Fsp3) is 0.500. The lowest BCUT2D eigenvalue weighted by Crippen LogP contribution is -2.56. The number of benzene rings is 1. The lowest BCUT2D eigenvalue weighted by molar-refractivity contribution is -0.138. The Morgan fingerprint density at radius 1 is 1.15 bits per heavy atom. The van der Waals surface area contributed by atoms with Gasteiger partial charge >= 0.3 is 0 Å². The monoisotopic (exact) mass is 358 g/mol. The van der Waals surface area contributed by atoms with Crippen LogP contribution in [-0.4, -0.2) is 69.7 Å². The zero-order valence-electron chi connectivity index (χ0n) is 15.1. The third kappa shape index (κ3) is 2.94. The van der Waals surface area contributed by atoms with E-state index in [1.165, 1.54) is 6.07 Å². The Bertz CT molecular complexity index is 814. The molecule has 1 aromatic heterocycles. The molecule has 0 spiro atoms. The first-order valence-electron chi connectivity index (χ1n) is 8.92. The average Bonchev–Trinajstić information content (AvgIpc) is 3.01. The Hall–Kier alpha value is -2.48. The van der Waals surface area contributed by atoms with Crippen molar-refractivity contribution in [2.75, 3.05) is 38.1 Å². The molecule has 1 atom stereocenters. The molecular formula is C18H23FN6O. The van der Waals surface area contributed by atoms with Crippen LogP contribution < -0.4 is 4.90 Å². The van der Waals surface area contributed by atoms with Crippen molar-refractivity contribution in [1.29, 1.82) is 0 Å². The van der Waals surface area contributed by atoms with Crippen LogP contribution in [0.1, 0.15) is 11.6 Å². The molecular weight excluding hydrogens is 335 g/mol. The van der Waals surface area contributed by atoms with E-state index in [9.17, 15) is 9.18 Å². The second-order valence-corrected chi connectivity index (χ2v) is 6.97. The minimum atomic E-state index is -0.213. The Balaban J connectivity index is 1.42. The number of halogens is 1. The van der Waals surface area contributed by atoms with Gasteiger partial charge in [-0.3, -0.25) is 9.69 Å². The predicted octanol–water partition coefficient (Wildman–Crippen LogP) is 0.888. The number of para-hydroxylation sites is 1. The third-order valence-electron chi connectivity index (χ3n) is 5.36. The van der Waals surface area contributed by atoms with Gasteiger partial charge in [-0.05, 0) is 26.1 Å². The summed E-state index contributed by atoms with van der Waals surface area (Å²) in [4.78, 5) is 19.0. The van der Waals surface area contributed by atoms with E-state index in [0.717, 1.165) is 11.6 Å². The number of hydrogen-bond donors (Lipinski definition) is 0. The van der Waals surface area contributed by atoms with E-state index in [0.29, 0.717) is 45.0 Å². The minimum absolute atomic E-state index is 0.124. The van der Waals surface area contributed by atoms with Gasteiger partial charge in [0.15, 0.2) is 0 Å². The molecule has 0 bridgehead atoms. The Morgan fingerprint density at radius 3 is 2.62 bits per heavy atom. The summed E-state index contributed by atoms with van der Waals surface area (Å²) in [5.41, 5.74) is 0.610. The van der Waals surface area contributed by atoms with E-state index in [2.05, 4.69) is 10.2 Å². The van der Waals surface area contributed by atoms with Crippen molar-refractivity contribution in [2.45, 2.75) is 26.1 Å². The number of hydrogen-bond acceptors (Lipinski definition) is 5. The first kappa shape index (κ1) is 17.0. The number of nitrogens with zero attached hydrogens (tertiary/aromatic N) is 6. The molecule has 1 amide bonds. The maximum Gasteiger partial charge on any atom is 0.241 e. The molecule has 2 aliphatic heterocycles. The Morgan fingerprint density at radius 2 is 1.88 bits per heavy atom. The van der Waals surface area contributed by atoms with Crippen molar-refractivity contribution in [3.8, 4) is 0 Å². The summed E-state index contributed by atoms with van der Waals surface area (Å²) < 4.78 is 16.0. The van der Waals surface area contributed by atoms with Crippen molar-refractivity contribution >= 4 is 11.6 Å². The highest BCUT2D eigenvalue weighted by atomic mass is 19.1. The van der Waals surface area contributed by atoms with Crippen molar-refractivity contribution in [3.05, 3.63) is 41.7 Å². The maximum absolute atomic E-state index is 14.0. The molecule has 0 radical (unpaired) electrons. The molecule has 1 unspecified atom stereocenters. The van der Waals surface area contributed by atoms with Gasteiger partial charge in [-0.2, -0.15) is 0 Å². The first-order valence-corrected chi connectivity index (χ1v) is 8.92. The molecule has 2 aromatic rings. The van der Waals surface area contributed by atoms with Crippen LogP contribution in [0.3, 0.4) is 0 Å². The molecule has 2 aliphatic rings. The smallest absolute Gasteiger partial charge is 0.241 e. The van der Waals surface area contributed by atoms with E-state index in [1.54, 1.807) is 12.1 Å². The fourth-order valence-corrected chi connectivity index (χ4v) is 3.78. The van der Waals surface area contributed by atoms with Gasteiger partial charge in [-0.1, -0.05) is 12.1 Å². The summed E-state index contributed by atoms with van der Waals surface area (Å²) in [7, 11) is 1.95. The van der Waals surface area contributed by atoms with Gasteiger partial charge in [0.1, 0.15) is 23.5 Å².